The Balaban J connectivity index is 1.77. The van der Waals surface area contributed by atoms with Gasteiger partial charge in [0.05, 0.1) is 22.4 Å². The topological polar surface area (TPSA) is 72.5 Å². The van der Waals surface area contributed by atoms with Crippen LogP contribution in [0.5, 0.6) is 0 Å². The normalized spacial score (nSPS) is 30.5. The van der Waals surface area contributed by atoms with E-state index in [1.807, 2.05) is 34.6 Å². The zero-order valence-electron chi connectivity index (χ0n) is 17.1. The van der Waals surface area contributed by atoms with Crippen LogP contribution in [0.1, 0.15) is 57.8 Å². The van der Waals surface area contributed by atoms with Crippen LogP contribution in [-0.2, 0) is 14.3 Å². The SMILES string of the molecule is CC(C)COC(=O)c1ccc(NC(=O)C23CCC(C)(C(=O)C2Br)C3(C)C)cc1. The molecule has 2 bridgehead atoms. The summed E-state index contributed by atoms with van der Waals surface area (Å²) in [6, 6.07) is 6.68. The van der Waals surface area contributed by atoms with Crippen molar-refractivity contribution < 1.29 is 19.1 Å². The molecule has 28 heavy (non-hydrogen) atoms. The molecule has 1 aromatic rings. The van der Waals surface area contributed by atoms with Gasteiger partial charge in [0.1, 0.15) is 0 Å². The van der Waals surface area contributed by atoms with Crippen LogP contribution in [0.2, 0.25) is 0 Å². The van der Waals surface area contributed by atoms with Gasteiger partial charge in [-0.1, -0.05) is 50.5 Å². The van der Waals surface area contributed by atoms with E-state index in [0.29, 0.717) is 24.3 Å². The molecule has 5 nitrogen and oxygen atoms in total. The minimum Gasteiger partial charge on any atom is -0.462 e. The Morgan fingerprint density at radius 2 is 1.79 bits per heavy atom. The zero-order valence-corrected chi connectivity index (χ0v) is 18.7. The molecule has 1 amide bonds. The lowest BCUT2D eigenvalue weighted by Gasteiger charge is -2.39. The number of ether oxygens (including phenoxy) is 1. The summed E-state index contributed by atoms with van der Waals surface area (Å²) in [6.45, 7) is 10.3. The van der Waals surface area contributed by atoms with E-state index in [-0.39, 0.29) is 23.6 Å². The predicted octanol–water partition coefficient (Wildman–Crippen LogP) is 4.60. The summed E-state index contributed by atoms with van der Waals surface area (Å²) in [5, 5.41) is 2.97. The van der Waals surface area contributed by atoms with Gasteiger partial charge in [0.25, 0.3) is 0 Å². The first-order chi connectivity index (χ1) is 13.0. The standard InChI is InChI=1S/C22H28BrNO4/c1-13(2)12-28-18(26)14-6-8-15(9-7-14)24-19(27)22-11-10-21(5,20(22,3)4)17(25)16(22)23/h6-9,13,16H,10-12H2,1-5H3,(H,24,27). The third-order valence-electron chi connectivity index (χ3n) is 7.05. The number of amides is 1. The van der Waals surface area contributed by atoms with Crippen LogP contribution in [0, 0.1) is 22.2 Å². The number of nitrogens with one attached hydrogen (secondary N) is 1. The van der Waals surface area contributed by atoms with Crippen LogP contribution in [0.25, 0.3) is 0 Å². The van der Waals surface area contributed by atoms with Crippen molar-refractivity contribution in [2.75, 3.05) is 11.9 Å². The fraction of sp³-hybridized carbons (Fsp3) is 0.591. The molecule has 0 heterocycles. The Hall–Kier alpha value is -1.69. The Morgan fingerprint density at radius 1 is 1.18 bits per heavy atom. The highest BCUT2D eigenvalue weighted by Gasteiger charge is 2.76. The number of carbonyl (C=O) groups is 3. The number of ketones is 1. The maximum absolute atomic E-state index is 13.3. The average molecular weight is 450 g/mol. The number of halogens is 1. The fourth-order valence-electron chi connectivity index (χ4n) is 4.71. The predicted molar refractivity (Wildman–Crippen MR) is 111 cm³/mol. The molecule has 2 aliphatic carbocycles. The van der Waals surface area contributed by atoms with Crippen molar-refractivity contribution in [2.24, 2.45) is 22.2 Å². The Kier molecular flexibility index (Phi) is 5.24. The van der Waals surface area contributed by atoms with Crippen molar-refractivity contribution in [3.05, 3.63) is 29.8 Å². The van der Waals surface area contributed by atoms with E-state index in [1.54, 1.807) is 24.3 Å². The van der Waals surface area contributed by atoms with Gasteiger partial charge in [-0.25, -0.2) is 4.79 Å². The number of anilines is 1. The van der Waals surface area contributed by atoms with E-state index in [1.165, 1.54) is 0 Å². The summed E-state index contributed by atoms with van der Waals surface area (Å²) in [7, 11) is 0. The zero-order chi connectivity index (χ0) is 20.9. The molecule has 1 aromatic carbocycles. The summed E-state index contributed by atoms with van der Waals surface area (Å²) in [5.74, 6) is -0.139. The van der Waals surface area contributed by atoms with Gasteiger partial charge in [0, 0.05) is 11.1 Å². The lowest BCUT2D eigenvalue weighted by molar-refractivity contribution is -0.130. The van der Waals surface area contributed by atoms with Crippen molar-refractivity contribution in [3.63, 3.8) is 0 Å². The highest BCUT2D eigenvalue weighted by atomic mass is 79.9. The Bertz CT molecular complexity index is 816. The molecule has 2 fully saturated rings. The second-order valence-electron chi connectivity index (χ2n) is 9.18. The number of carbonyl (C=O) groups excluding carboxylic acids is 3. The summed E-state index contributed by atoms with van der Waals surface area (Å²) in [5.41, 5.74) is -0.685. The summed E-state index contributed by atoms with van der Waals surface area (Å²) < 4.78 is 5.22. The summed E-state index contributed by atoms with van der Waals surface area (Å²) in [6.07, 6.45) is 1.39. The van der Waals surface area contributed by atoms with E-state index < -0.39 is 21.1 Å². The van der Waals surface area contributed by atoms with Crippen LogP contribution >= 0.6 is 15.9 Å². The highest BCUT2D eigenvalue weighted by molar-refractivity contribution is 9.10. The number of esters is 1. The molecule has 0 aliphatic heterocycles. The quantitative estimate of drug-likeness (QED) is 0.526. The molecule has 2 aliphatic rings. The molecule has 0 aromatic heterocycles. The maximum atomic E-state index is 13.3. The number of fused-ring (bicyclic) bond motifs is 2. The average Bonchev–Trinajstić information content (AvgIpc) is 2.92. The smallest absolute Gasteiger partial charge is 0.338 e. The molecule has 3 unspecified atom stereocenters. The number of hydrogen-bond donors (Lipinski definition) is 1. The minimum atomic E-state index is -0.784. The van der Waals surface area contributed by atoms with Crippen molar-refractivity contribution >= 4 is 39.3 Å². The second-order valence-corrected chi connectivity index (χ2v) is 10.1. The van der Waals surface area contributed by atoms with Gasteiger partial charge < -0.3 is 10.1 Å². The molecule has 152 valence electrons. The molecule has 3 rings (SSSR count). The summed E-state index contributed by atoms with van der Waals surface area (Å²) in [4.78, 5) is 37.7. The lowest BCUT2D eigenvalue weighted by atomic mass is 9.64. The van der Waals surface area contributed by atoms with E-state index >= 15 is 0 Å². The summed E-state index contributed by atoms with van der Waals surface area (Å²) >= 11 is 3.53. The number of hydrogen-bond acceptors (Lipinski definition) is 4. The van der Waals surface area contributed by atoms with Crippen LogP contribution in [0.4, 0.5) is 5.69 Å². The maximum Gasteiger partial charge on any atom is 0.338 e. The molecule has 0 saturated heterocycles. The Morgan fingerprint density at radius 3 is 2.29 bits per heavy atom. The van der Waals surface area contributed by atoms with Crippen molar-refractivity contribution in [2.45, 2.75) is 52.3 Å². The first-order valence-corrected chi connectivity index (χ1v) is 10.7. The van der Waals surface area contributed by atoms with Gasteiger partial charge in [-0.2, -0.15) is 0 Å². The van der Waals surface area contributed by atoms with E-state index in [0.717, 1.165) is 6.42 Å². The fourth-order valence-corrected chi connectivity index (χ4v) is 6.23. The molecular weight excluding hydrogens is 422 g/mol. The minimum absolute atomic E-state index is 0.113. The molecule has 2 saturated carbocycles. The molecule has 6 heteroatoms. The third-order valence-corrected chi connectivity index (χ3v) is 8.25. The van der Waals surface area contributed by atoms with Gasteiger partial charge >= 0.3 is 5.97 Å². The first kappa shape index (κ1) is 21.0. The van der Waals surface area contributed by atoms with Crippen LogP contribution < -0.4 is 5.32 Å². The number of Topliss-reactive ketones (excluding diaryl/α,β-unsaturated/α-hetero) is 1. The van der Waals surface area contributed by atoms with Crippen LogP contribution in [-0.4, -0.2) is 29.1 Å². The van der Waals surface area contributed by atoms with Crippen molar-refractivity contribution in [1.29, 1.82) is 0 Å². The van der Waals surface area contributed by atoms with Crippen LogP contribution in [0.3, 0.4) is 0 Å². The molecule has 1 N–H and O–H groups in total. The van der Waals surface area contributed by atoms with Gasteiger partial charge in [0.2, 0.25) is 5.91 Å². The first-order valence-electron chi connectivity index (χ1n) is 9.74. The van der Waals surface area contributed by atoms with Gasteiger partial charge in [0.15, 0.2) is 5.78 Å². The lowest BCUT2D eigenvalue weighted by Crippen LogP contribution is -2.47. The van der Waals surface area contributed by atoms with Gasteiger partial charge in [-0.05, 0) is 48.4 Å². The second kappa shape index (κ2) is 6.97. The van der Waals surface area contributed by atoms with Gasteiger partial charge in [-0.3, -0.25) is 9.59 Å². The van der Waals surface area contributed by atoms with Gasteiger partial charge in [-0.15, -0.1) is 0 Å². The monoisotopic (exact) mass is 449 g/mol. The molecular formula is C22H28BrNO4. The molecule has 3 atom stereocenters. The molecule has 0 spiro atoms. The number of rotatable bonds is 5. The Labute approximate surface area is 174 Å². The third kappa shape index (κ3) is 2.83. The number of alkyl halides is 1. The van der Waals surface area contributed by atoms with E-state index in [2.05, 4.69) is 21.2 Å². The largest absolute Gasteiger partial charge is 0.462 e. The molecule has 0 radical (unpaired) electrons. The van der Waals surface area contributed by atoms with Crippen molar-refractivity contribution in [3.8, 4) is 0 Å². The van der Waals surface area contributed by atoms with Crippen molar-refractivity contribution in [1.82, 2.24) is 0 Å². The van der Waals surface area contributed by atoms with E-state index in [4.69, 9.17) is 4.74 Å². The highest BCUT2D eigenvalue weighted by Crippen LogP contribution is 2.72. The van der Waals surface area contributed by atoms with Crippen LogP contribution in [0.15, 0.2) is 24.3 Å². The number of benzene rings is 1. The van der Waals surface area contributed by atoms with E-state index in [9.17, 15) is 14.4 Å².